The molecule has 1 aliphatic carbocycles. The van der Waals surface area contributed by atoms with Crippen molar-refractivity contribution < 1.29 is 4.79 Å². The van der Waals surface area contributed by atoms with Crippen molar-refractivity contribution in [1.82, 2.24) is 4.90 Å². The van der Waals surface area contributed by atoms with Crippen LogP contribution in [-0.4, -0.2) is 42.2 Å². The van der Waals surface area contributed by atoms with Crippen LogP contribution >= 0.6 is 11.9 Å². The van der Waals surface area contributed by atoms with Crippen molar-refractivity contribution in [2.45, 2.75) is 31.4 Å². The zero-order chi connectivity index (χ0) is 17.4. The van der Waals surface area contributed by atoms with Gasteiger partial charge in [-0.05, 0) is 43.3 Å². The Bertz CT molecular complexity index is 784. The molecule has 0 radical (unpaired) electrons. The Morgan fingerprint density at radius 3 is 2.56 bits per heavy atom. The lowest BCUT2D eigenvalue weighted by molar-refractivity contribution is 0.0748. The molecule has 0 atom stereocenters. The Kier molecular flexibility index (Phi) is 4.46. The standard InChI is InChI=1S/C19H23N3O2S/c1-2-14-17(18(14)23)21-9-11-22(12-10-21)19(24)15-5-3-4-6-16(15)20-25-13-7-8-13/h3-6,13,20H,2,7-12H2,1H3. The van der Waals surface area contributed by atoms with Crippen LogP contribution in [-0.2, 0) is 6.42 Å². The predicted octanol–water partition coefficient (Wildman–Crippen LogP) is 2.67. The fourth-order valence-electron chi connectivity index (χ4n) is 3.25. The highest BCUT2D eigenvalue weighted by molar-refractivity contribution is 8.01. The average Bonchev–Trinajstić information content (AvgIpc) is 3.57. The first-order valence-electron chi connectivity index (χ1n) is 9.01. The van der Waals surface area contributed by atoms with Crippen molar-refractivity contribution in [3.05, 3.63) is 45.6 Å². The van der Waals surface area contributed by atoms with Gasteiger partial charge in [0.2, 0.25) is 5.43 Å². The molecule has 25 heavy (non-hydrogen) atoms. The summed E-state index contributed by atoms with van der Waals surface area (Å²) < 4.78 is 3.36. The lowest BCUT2D eigenvalue weighted by atomic mass is 10.1. The number of anilines is 2. The molecule has 1 heterocycles. The number of piperazine rings is 1. The monoisotopic (exact) mass is 357 g/mol. The summed E-state index contributed by atoms with van der Waals surface area (Å²) >= 11 is 1.72. The first-order chi connectivity index (χ1) is 12.2. The molecule has 2 aromatic carbocycles. The number of carbonyl (C=O) groups excluding carboxylic acids is 1. The number of amides is 1. The first-order valence-corrected chi connectivity index (χ1v) is 9.89. The van der Waals surface area contributed by atoms with Gasteiger partial charge in [-0.2, -0.15) is 0 Å². The summed E-state index contributed by atoms with van der Waals surface area (Å²) in [5, 5.41) is 0.684. The molecule has 1 N–H and O–H groups in total. The third-order valence-corrected chi connectivity index (χ3v) is 6.11. The molecule has 132 valence electrons. The van der Waals surface area contributed by atoms with Crippen molar-refractivity contribution in [1.29, 1.82) is 0 Å². The van der Waals surface area contributed by atoms with Crippen molar-refractivity contribution in [3.8, 4) is 0 Å². The van der Waals surface area contributed by atoms with Crippen LogP contribution in [0.1, 0.15) is 35.7 Å². The zero-order valence-corrected chi connectivity index (χ0v) is 15.3. The number of para-hydroxylation sites is 1. The van der Waals surface area contributed by atoms with Crippen LogP contribution < -0.4 is 15.1 Å². The second-order valence-corrected chi connectivity index (χ2v) is 7.86. The summed E-state index contributed by atoms with van der Waals surface area (Å²) in [5.41, 5.74) is 3.72. The van der Waals surface area contributed by atoms with Crippen LogP contribution in [0.4, 0.5) is 11.4 Å². The smallest absolute Gasteiger partial charge is 0.256 e. The number of hydrogen-bond donors (Lipinski definition) is 1. The number of hydrogen-bond acceptors (Lipinski definition) is 5. The van der Waals surface area contributed by atoms with Gasteiger partial charge in [-0.25, -0.2) is 0 Å². The van der Waals surface area contributed by atoms with Gasteiger partial charge in [0.15, 0.2) is 0 Å². The summed E-state index contributed by atoms with van der Waals surface area (Å²) in [7, 11) is 0. The molecule has 0 unspecified atom stereocenters. The number of nitrogens with zero attached hydrogens (tertiary/aromatic N) is 2. The van der Waals surface area contributed by atoms with E-state index in [1.54, 1.807) is 11.9 Å². The van der Waals surface area contributed by atoms with Gasteiger partial charge in [-0.3, -0.25) is 9.59 Å². The molecule has 0 aromatic heterocycles. The average molecular weight is 357 g/mol. The topological polar surface area (TPSA) is 52.6 Å². The summed E-state index contributed by atoms with van der Waals surface area (Å²) in [6.07, 6.45) is 3.32. The normalized spacial score (nSPS) is 18.0. The fraction of sp³-hybridized carbons (Fsp3) is 0.474. The second kappa shape index (κ2) is 6.75. The summed E-state index contributed by atoms with van der Waals surface area (Å²) in [6.45, 7) is 4.82. The van der Waals surface area contributed by atoms with E-state index in [1.807, 2.05) is 36.1 Å². The number of rotatable bonds is 6. The van der Waals surface area contributed by atoms with Crippen molar-refractivity contribution in [3.63, 3.8) is 0 Å². The van der Waals surface area contributed by atoms with Gasteiger partial charge in [0, 0.05) is 37.0 Å². The Morgan fingerprint density at radius 1 is 1.20 bits per heavy atom. The number of carbonyl (C=O) groups is 1. The molecule has 2 aromatic rings. The highest BCUT2D eigenvalue weighted by Gasteiger charge is 2.31. The van der Waals surface area contributed by atoms with E-state index in [0.29, 0.717) is 18.3 Å². The zero-order valence-electron chi connectivity index (χ0n) is 14.5. The molecule has 0 bridgehead atoms. The van der Waals surface area contributed by atoms with Crippen molar-refractivity contribution in [2.75, 3.05) is 35.8 Å². The first kappa shape index (κ1) is 16.5. The third kappa shape index (κ3) is 3.40. The minimum Gasteiger partial charge on any atom is -0.364 e. The molecule has 4 rings (SSSR count). The van der Waals surface area contributed by atoms with Crippen molar-refractivity contribution in [2.24, 2.45) is 0 Å². The number of benzene rings is 1. The Labute approximate surface area is 152 Å². The van der Waals surface area contributed by atoms with E-state index in [0.717, 1.165) is 42.0 Å². The highest BCUT2D eigenvalue weighted by atomic mass is 32.2. The van der Waals surface area contributed by atoms with E-state index in [1.165, 1.54) is 12.8 Å². The molecule has 6 heteroatoms. The second-order valence-electron chi connectivity index (χ2n) is 6.75. The van der Waals surface area contributed by atoms with E-state index < -0.39 is 0 Å². The minimum atomic E-state index is 0.0750. The largest absolute Gasteiger partial charge is 0.364 e. The molecule has 5 nitrogen and oxygen atoms in total. The SMILES string of the molecule is CCc1c(N2CCN(C(=O)c3ccccc3NSC3CC3)CC2)c1=O. The van der Waals surface area contributed by atoms with Crippen LogP contribution in [0.15, 0.2) is 29.1 Å². The van der Waals surface area contributed by atoms with Crippen LogP contribution in [0.2, 0.25) is 0 Å². The van der Waals surface area contributed by atoms with E-state index in [4.69, 9.17) is 0 Å². The molecule has 2 aliphatic rings. The van der Waals surface area contributed by atoms with Gasteiger partial charge in [-0.1, -0.05) is 19.1 Å². The Balaban J connectivity index is 1.39. The van der Waals surface area contributed by atoms with Crippen LogP contribution in [0.3, 0.4) is 0 Å². The van der Waals surface area contributed by atoms with E-state index >= 15 is 0 Å². The lowest BCUT2D eigenvalue weighted by Crippen LogP contribution is -2.48. The molecule has 1 saturated carbocycles. The maximum Gasteiger partial charge on any atom is 0.256 e. The van der Waals surface area contributed by atoms with Gasteiger partial charge in [-0.15, -0.1) is 0 Å². The molecule has 2 fully saturated rings. The van der Waals surface area contributed by atoms with Gasteiger partial charge in [0.1, 0.15) is 0 Å². The Morgan fingerprint density at radius 2 is 1.92 bits per heavy atom. The van der Waals surface area contributed by atoms with Gasteiger partial charge < -0.3 is 14.5 Å². The van der Waals surface area contributed by atoms with E-state index in [2.05, 4.69) is 9.62 Å². The van der Waals surface area contributed by atoms with Crippen molar-refractivity contribution >= 4 is 29.2 Å². The minimum absolute atomic E-state index is 0.0750. The summed E-state index contributed by atoms with van der Waals surface area (Å²) in [6, 6.07) is 7.74. The van der Waals surface area contributed by atoms with Gasteiger partial charge in [0.05, 0.1) is 16.9 Å². The summed E-state index contributed by atoms with van der Waals surface area (Å²) in [4.78, 5) is 28.7. The van der Waals surface area contributed by atoms with Gasteiger partial charge in [0.25, 0.3) is 5.91 Å². The Hall–Kier alpha value is -1.95. The molecular formula is C19H23N3O2S. The molecule has 1 amide bonds. The van der Waals surface area contributed by atoms with Gasteiger partial charge >= 0.3 is 0 Å². The molecule has 1 saturated heterocycles. The maximum absolute atomic E-state index is 12.9. The quantitative estimate of drug-likeness (QED) is 0.806. The number of nitrogens with one attached hydrogen (secondary N) is 1. The third-order valence-electron chi connectivity index (χ3n) is 4.97. The molecule has 0 spiro atoms. The summed E-state index contributed by atoms with van der Waals surface area (Å²) in [5.74, 6) is 0.0750. The van der Waals surface area contributed by atoms with E-state index in [9.17, 15) is 9.59 Å². The fourth-order valence-corrected chi connectivity index (χ4v) is 4.10. The molecule has 1 aliphatic heterocycles. The lowest BCUT2D eigenvalue weighted by Gasteiger charge is -2.34. The van der Waals surface area contributed by atoms with Crippen LogP contribution in [0.5, 0.6) is 0 Å². The molecular weight excluding hydrogens is 334 g/mol. The van der Waals surface area contributed by atoms with Crippen LogP contribution in [0, 0.1) is 0 Å². The maximum atomic E-state index is 12.9. The van der Waals surface area contributed by atoms with Crippen LogP contribution in [0.25, 0.3) is 0 Å². The highest BCUT2D eigenvalue weighted by Crippen LogP contribution is 2.35. The predicted molar refractivity (Wildman–Crippen MR) is 103 cm³/mol. The van der Waals surface area contributed by atoms with E-state index in [-0.39, 0.29) is 11.3 Å².